The van der Waals surface area contributed by atoms with E-state index in [4.69, 9.17) is 0 Å². The van der Waals surface area contributed by atoms with Crippen LogP contribution in [0.4, 0.5) is 0 Å². The first-order valence-electron chi connectivity index (χ1n) is 6.75. The summed E-state index contributed by atoms with van der Waals surface area (Å²) in [6.45, 7) is 6.01. The summed E-state index contributed by atoms with van der Waals surface area (Å²) in [6, 6.07) is 0. The molecule has 0 aromatic heterocycles. The molecule has 104 valence electrons. The van der Waals surface area contributed by atoms with E-state index in [2.05, 4.69) is 0 Å². The van der Waals surface area contributed by atoms with Crippen LogP contribution in [0.2, 0.25) is 0 Å². The van der Waals surface area contributed by atoms with Crippen LogP contribution in [0.3, 0.4) is 0 Å². The van der Waals surface area contributed by atoms with Gasteiger partial charge < -0.3 is 15.3 Å². The van der Waals surface area contributed by atoms with Crippen molar-refractivity contribution < 1.29 is 15.3 Å². The van der Waals surface area contributed by atoms with Crippen molar-refractivity contribution in [3.05, 3.63) is 23.3 Å². The van der Waals surface area contributed by atoms with Crippen LogP contribution in [0, 0.1) is 11.8 Å². The zero-order chi connectivity index (χ0) is 13.7. The Labute approximate surface area is 110 Å². The number of aliphatic hydroxyl groups is 3. The minimum atomic E-state index is -0.537. The van der Waals surface area contributed by atoms with Crippen LogP contribution in [-0.4, -0.2) is 34.1 Å². The summed E-state index contributed by atoms with van der Waals surface area (Å²) in [4.78, 5) is 0. The lowest BCUT2D eigenvalue weighted by Crippen LogP contribution is -2.28. The Balaban J connectivity index is 2.90. The van der Waals surface area contributed by atoms with Crippen molar-refractivity contribution in [3.63, 3.8) is 0 Å². The van der Waals surface area contributed by atoms with Gasteiger partial charge in [0.1, 0.15) is 0 Å². The van der Waals surface area contributed by atoms with E-state index in [-0.39, 0.29) is 18.4 Å². The third-order valence-electron chi connectivity index (χ3n) is 3.79. The summed E-state index contributed by atoms with van der Waals surface area (Å²) in [5.74, 6) is 0.157. The summed E-state index contributed by atoms with van der Waals surface area (Å²) in [7, 11) is 0. The Bertz CT molecular complexity index is 320. The number of hydrogen-bond acceptors (Lipinski definition) is 3. The zero-order valence-electron chi connectivity index (χ0n) is 11.6. The van der Waals surface area contributed by atoms with Gasteiger partial charge in [0.25, 0.3) is 0 Å². The van der Waals surface area contributed by atoms with E-state index >= 15 is 0 Å². The first-order valence-corrected chi connectivity index (χ1v) is 6.75. The third-order valence-corrected chi connectivity index (χ3v) is 3.79. The average molecular weight is 254 g/mol. The predicted molar refractivity (Wildman–Crippen MR) is 73.1 cm³/mol. The molecule has 3 nitrogen and oxygen atoms in total. The van der Waals surface area contributed by atoms with Crippen molar-refractivity contribution in [2.45, 2.75) is 52.2 Å². The van der Waals surface area contributed by atoms with Crippen LogP contribution in [0.15, 0.2) is 23.3 Å². The summed E-state index contributed by atoms with van der Waals surface area (Å²) in [6.07, 6.45) is 4.99. The van der Waals surface area contributed by atoms with Gasteiger partial charge in [0.2, 0.25) is 0 Å². The molecule has 0 aliphatic heterocycles. The molecule has 4 atom stereocenters. The van der Waals surface area contributed by atoms with Gasteiger partial charge in [-0.05, 0) is 44.9 Å². The Kier molecular flexibility index (Phi) is 6.06. The van der Waals surface area contributed by atoms with Crippen LogP contribution in [-0.2, 0) is 0 Å². The lowest BCUT2D eigenvalue weighted by atomic mass is 9.82. The molecule has 0 heterocycles. The van der Waals surface area contributed by atoms with Gasteiger partial charge in [-0.3, -0.25) is 0 Å². The molecule has 1 rings (SSSR count). The number of rotatable bonds is 2. The van der Waals surface area contributed by atoms with Crippen molar-refractivity contribution in [2.24, 2.45) is 11.8 Å². The largest absolute Gasteiger partial charge is 0.396 e. The van der Waals surface area contributed by atoms with Gasteiger partial charge in [0, 0.05) is 6.61 Å². The molecule has 0 aromatic carbocycles. The molecule has 18 heavy (non-hydrogen) atoms. The molecular formula is C15H26O3. The molecule has 3 N–H and O–H groups in total. The lowest BCUT2D eigenvalue weighted by Gasteiger charge is -2.27. The van der Waals surface area contributed by atoms with Crippen molar-refractivity contribution in [2.75, 3.05) is 6.61 Å². The summed E-state index contributed by atoms with van der Waals surface area (Å²) >= 11 is 0. The fraction of sp³-hybridized carbons (Fsp3) is 0.733. The fourth-order valence-electron chi connectivity index (χ4n) is 2.61. The van der Waals surface area contributed by atoms with E-state index < -0.39 is 12.2 Å². The zero-order valence-corrected chi connectivity index (χ0v) is 11.6. The molecule has 1 aliphatic carbocycles. The van der Waals surface area contributed by atoms with E-state index in [9.17, 15) is 15.3 Å². The van der Waals surface area contributed by atoms with Gasteiger partial charge in [0.05, 0.1) is 12.2 Å². The number of hydrogen-bond donors (Lipinski definition) is 3. The highest BCUT2D eigenvalue weighted by Crippen LogP contribution is 2.27. The first-order chi connectivity index (χ1) is 8.43. The first kappa shape index (κ1) is 15.4. The number of allylic oxidation sites excluding steroid dienone is 1. The topological polar surface area (TPSA) is 60.7 Å². The second-order valence-corrected chi connectivity index (χ2v) is 5.65. The van der Waals surface area contributed by atoms with E-state index in [1.807, 2.05) is 32.9 Å². The predicted octanol–water partition coefficient (Wildman–Crippen LogP) is 2.03. The van der Waals surface area contributed by atoms with Crippen molar-refractivity contribution in [1.82, 2.24) is 0 Å². The van der Waals surface area contributed by atoms with Crippen LogP contribution in [0.1, 0.15) is 40.0 Å². The molecule has 0 unspecified atom stereocenters. The molecule has 0 radical (unpaired) electrons. The molecule has 0 saturated carbocycles. The Morgan fingerprint density at radius 3 is 2.50 bits per heavy atom. The Morgan fingerprint density at radius 1 is 1.22 bits per heavy atom. The monoisotopic (exact) mass is 254 g/mol. The average Bonchev–Trinajstić information content (AvgIpc) is 2.27. The highest BCUT2D eigenvalue weighted by Gasteiger charge is 2.24. The van der Waals surface area contributed by atoms with Crippen LogP contribution in [0.25, 0.3) is 0 Å². The van der Waals surface area contributed by atoms with Gasteiger partial charge in [-0.1, -0.05) is 30.2 Å². The molecule has 0 bridgehead atoms. The molecular weight excluding hydrogens is 228 g/mol. The SMILES string of the molecule is C/C1=C\[C@@H](O)C/C(C)=C/[C@H](O)[C@H]([C@@H](C)CO)CC1. The number of aliphatic hydroxyl groups excluding tert-OH is 3. The Morgan fingerprint density at radius 2 is 1.89 bits per heavy atom. The van der Waals surface area contributed by atoms with E-state index in [0.717, 1.165) is 24.0 Å². The van der Waals surface area contributed by atoms with Gasteiger partial charge in [-0.25, -0.2) is 0 Å². The van der Waals surface area contributed by atoms with Gasteiger partial charge in [-0.15, -0.1) is 0 Å². The second kappa shape index (κ2) is 7.07. The van der Waals surface area contributed by atoms with Crippen molar-refractivity contribution in [1.29, 1.82) is 0 Å². The van der Waals surface area contributed by atoms with Crippen molar-refractivity contribution in [3.8, 4) is 0 Å². The molecule has 0 spiro atoms. The molecule has 1 aliphatic rings. The fourth-order valence-corrected chi connectivity index (χ4v) is 2.61. The van der Waals surface area contributed by atoms with Gasteiger partial charge >= 0.3 is 0 Å². The highest BCUT2D eigenvalue weighted by molar-refractivity contribution is 5.12. The molecule has 0 saturated heterocycles. The van der Waals surface area contributed by atoms with E-state index in [1.165, 1.54) is 0 Å². The summed E-state index contributed by atoms with van der Waals surface area (Å²) < 4.78 is 0. The minimum Gasteiger partial charge on any atom is -0.396 e. The van der Waals surface area contributed by atoms with Crippen LogP contribution < -0.4 is 0 Å². The molecule has 0 fully saturated rings. The van der Waals surface area contributed by atoms with Crippen LogP contribution in [0.5, 0.6) is 0 Å². The maximum atomic E-state index is 10.2. The second-order valence-electron chi connectivity index (χ2n) is 5.65. The lowest BCUT2D eigenvalue weighted by molar-refractivity contribution is 0.0790. The standard InChI is InChI=1S/C15H26O3/c1-10-4-5-14(12(3)9-16)15(18)8-11(2)7-13(17)6-10/h6,8,12-18H,4-5,7,9H2,1-3H3/b10-6+,11-8+/t12-,13+,14-,15-/m0/s1. The van der Waals surface area contributed by atoms with Crippen molar-refractivity contribution >= 4 is 0 Å². The molecule has 0 aromatic rings. The smallest absolute Gasteiger partial charge is 0.0760 e. The quantitative estimate of drug-likeness (QED) is 0.661. The minimum absolute atomic E-state index is 0.0727. The highest BCUT2D eigenvalue weighted by atomic mass is 16.3. The maximum absolute atomic E-state index is 10.2. The van der Waals surface area contributed by atoms with Gasteiger partial charge in [0.15, 0.2) is 0 Å². The molecule has 3 heteroatoms. The maximum Gasteiger partial charge on any atom is 0.0760 e. The van der Waals surface area contributed by atoms with E-state index in [1.54, 1.807) is 0 Å². The molecule has 0 amide bonds. The Hall–Kier alpha value is -0.640. The van der Waals surface area contributed by atoms with E-state index in [0.29, 0.717) is 6.42 Å². The van der Waals surface area contributed by atoms with Crippen LogP contribution >= 0.6 is 0 Å². The van der Waals surface area contributed by atoms with Gasteiger partial charge in [-0.2, -0.15) is 0 Å². The summed E-state index contributed by atoms with van der Waals surface area (Å²) in [5, 5.41) is 29.4. The summed E-state index contributed by atoms with van der Waals surface area (Å²) in [5.41, 5.74) is 2.15. The normalized spacial score (nSPS) is 38.2. The third kappa shape index (κ3) is 4.56.